The van der Waals surface area contributed by atoms with Crippen LogP contribution in [-0.4, -0.2) is 25.5 Å². The van der Waals surface area contributed by atoms with Gasteiger partial charge in [0.15, 0.2) is 11.7 Å². The summed E-state index contributed by atoms with van der Waals surface area (Å²) in [5.74, 6) is -0.586. The third-order valence-electron chi connectivity index (χ3n) is 3.23. The Morgan fingerprint density at radius 2 is 1.64 bits per heavy atom. The minimum absolute atomic E-state index is 0. The zero-order valence-electron chi connectivity index (χ0n) is 14.2. The number of nitrogens with zero attached hydrogens (tertiary/aromatic N) is 1. The van der Waals surface area contributed by atoms with Crippen LogP contribution in [0.3, 0.4) is 0 Å². The van der Waals surface area contributed by atoms with Crippen molar-refractivity contribution in [2.45, 2.75) is 19.4 Å². The van der Waals surface area contributed by atoms with Crippen molar-refractivity contribution in [2.75, 3.05) is 11.9 Å². The van der Waals surface area contributed by atoms with Crippen LogP contribution in [0.15, 0.2) is 53.5 Å². The Hall–Kier alpha value is -2.31. The number of aliphatic imine (C=N–C) groups is 1. The highest BCUT2D eigenvalue weighted by Gasteiger charge is 2.32. The van der Waals surface area contributed by atoms with E-state index in [0.29, 0.717) is 5.56 Å². The van der Waals surface area contributed by atoms with Crippen LogP contribution in [0.1, 0.15) is 5.56 Å². The van der Waals surface area contributed by atoms with Gasteiger partial charge in [0.1, 0.15) is 5.75 Å². The third kappa shape index (κ3) is 8.15. The van der Waals surface area contributed by atoms with E-state index in [4.69, 9.17) is 5.73 Å². The lowest BCUT2D eigenvalue weighted by atomic mass is 10.1. The first-order valence-corrected chi connectivity index (χ1v) is 7.69. The van der Waals surface area contributed by atoms with Crippen molar-refractivity contribution < 1.29 is 31.4 Å². The fraction of sp³-hybridized carbons (Fsp3) is 0.235. The summed E-state index contributed by atoms with van der Waals surface area (Å²) < 4.78 is 70.3. The molecule has 2 aromatic rings. The molecule has 0 radical (unpaired) electrons. The number of nitrogens with two attached hydrogens (primary N) is 1. The number of ether oxygens (including phenoxy) is 2. The number of guanidine groups is 1. The number of para-hydroxylation sites is 3. The molecule has 2 aromatic carbocycles. The van der Waals surface area contributed by atoms with Gasteiger partial charge in [-0.3, -0.25) is 4.99 Å². The van der Waals surface area contributed by atoms with Crippen molar-refractivity contribution >= 4 is 35.6 Å². The number of hydrogen-bond acceptors (Lipinski definition) is 3. The zero-order chi connectivity index (χ0) is 19.9. The lowest BCUT2D eigenvalue weighted by Crippen LogP contribution is -2.25. The van der Waals surface area contributed by atoms with E-state index in [-0.39, 0.29) is 54.3 Å². The number of hydrogen-bond donors (Lipinski definition) is 2. The normalized spacial score (nSPS) is 11.7. The Balaban J connectivity index is 0.00000392. The standard InChI is InChI=1S/C17H16F5N3O2.HI/c18-15(19)26-13-7-3-1-5-11(13)9-10-24-16(23)25-12-6-2-4-8-14(12)27-17(20,21)22;/h1-8,15H,9-10H2,(H3,23,24,25);1H. The summed E-state index contributed by atoms with van der Waals surface area (Å²) in [5, 5.41) is 2.52. The number of anilines is 1. The van der Waals surface area contributed by atoms with Gasteiger partial charge < -0.3 is 20.5 Å². The zero-order valence-corrected chi connectivity index (χ0v) is 16.6. The van der Waals surface area contributed by atoms with Crippen molar-refractivity contribution in [1.82, 2.24) is 0 Å². The summed E-state index contributed by atoms with van der Waals surface area (Å²) in [7, 11) is 0. The fourth-order valence-electron chi connectivity index (χ4n) is 2.18. The van der Waals surface area contributed by atoms with E-state index >= 15 is 0 Å². The molecule has 5 nitrogen and oxygen atoms in total. The first-order chi connectivity index (χ1) is 12.7. The van der Waals surface area contributed by atoms with Crippen molar-refractivity contribution in [3.63, 3.8) is 0 Å². The summed E-state index contributed by atoms with van der Waals surface area (Å²) in [6.07, 6.45) is -4.61. The SMILES string of the molecule is I.NC(=NCCc1ccccc1OC(F)F)Nc1ccccc1OC(F)(F)F. The van der Waals surface area contributed by atoms with Crippen LogP contribution in [0.4, 0.5) is 27.6 Å². The maximum absolute atomic E-state index is 12.4. The van der Waals surface area contributed by atoms with Crippen LogP contribution >= 0.6 is 24.0 Å². The molecule has 2 rings (SSSR count). The molecule has 0 aliphatic carbocycles. The molecule has 0 unspecified atom stereocenters. The maximum atomic E-state index is 12.4. The van der Waals surface area contributed by atoms with Gasteiger partial charge in [-0.05, 0) is 30.2 Å². The Labute approximate surface area is 174 Å². The lowest BCUT2D eigenvalue weighted by molar-refractivity contribution is -0.274. The van der Waals surface area contributed by atoms with Gasteiger partial charge in [-0.2, -0.15) is 8.78 Å². The Morgan fingerprint density at radius 3 is 2.29 bits per heavy atom. The van der Waals surface area contributed by atoms with Crippen LogP contribution in [0.25, 0.3) is 0 Å². The van der Waals surface area contributed by atoms with E-state index in [9.17, 15) is 22.0 Å². The number of nitrogens with one attached hydrogen (secondary N) is 1. The van der Waals surface area contributed by atoms with Gasteiger partial charge in [-0.1, -0.05) is 30.3 Å². The Kier molecular flexibility index (Phi) is 9.22. The van der Waals surface area contributed by atoms with Crippen molar-refractivity contribution in [2.24, 2.45) is 10.7 Å². The Bertz CT molecular complexity index is 787. The Morgan fingerprint density at radius 1 is 1.04 bits per heavy atom. The number of halogens is 6. The molecule has 0 amide bonds. The summed E-state index contributed by atoms with van der Waals surface area (Å²) >= 11 is 0. The summed E-state index contributed by atoms with van der Waals surface area (Å²) in [6.45, 7) is -2.85. The minimum Gasteiger partial charge on any atom is -0.435 e. The summed E-state index contributed by atoms with van der Waals surface area (Å²) in [5.41, 5.74) is 6.15. The van der Waals surface area contributed by atoms with E-state index in [1.165, 1.54) is 24.3 Å². The molecule has 0 saturated heterocycles. The summed E-state index contributed by atoms with van der Waals surface area (Å²) in [4.78, 5) is 3.98. The highest BCUT2D eigenvalue weighted by molar-refractivity contribution is 14.0. The van der Waals surface area contributed by atoms with Crippen molar-refractivity contribution in [3.8, 4) is 11.5 Å². The second-order valence-corrected chi connectivity index (χ2v) is 5.17. The first-order valence-electron chi connectivity index (χ1n) is 7.69. The van der Waals surface area contributed by atoms with Crippen LogP contribution in [0.5, 0.6) is 11.5 Å². The molecule has 0 spiro atoms. The molecule has 3 N–H and O–H groups in total. The quantitative estimate of drug-likeness (QED) is 0.240. The van der Waals surface area contributed by atoms with Crippen LogP contribution < -0.4 is 20.5 Å². The van der Waals surface area contributed by atoms with E-state index in [0.717, 1.165) is 6.07 Å². The van der Waals surface area contributed by atoms with Gasteiger partial charge in [0.2, 0.25) is 0 Å². The minimum atomic E-state index is -4.85. The molecule has 28 heavy (non-hydrogen) atoms. The van der Waals surface area contributed by atoms with Crippen LogP contribution in [0, 0.1) is 0 Å². The average molecular weight is 517 g/mol. The molecule has 11 heteroatoms. The molecule has 0 aromatic heterocycles. The third-order valence-corrected chi connectivity index (χ3v) is 3.23. The number of benzene rings is 2. The molecular formula is C17H17F5IN3O2. The predicted octanol–water partition coefficient (Wildman–Crippen LogP) is 4.77. The van der Waals surface area contributed by atoms with Gasteiger partial charge in [-0.15, -0.1) is 37.1 Å². The van der Waals surface area contributed by atoms with E-state index in [1.54, 1.807) is 18.2 Å². The molecular weight excluding hydrogens is 500 g/mol. The van der Waals surface area contributed by atoms with Crippen LogP contribution in [-0.2, 0) is 6.42 Å². The molecule has 0 atom stereocenters. The average Bonchev–Trinajstić information content (AvgIpc) is 2.56. The first kappa shape index (κ1) is 23.7. The van der Waals surface area contributed by atoms with E-state index in [2.05, 4.69) is 19.8 Å². The highest BCUT2D eigenvalue weighted by Crippen LogP contribution is 2.29. The molecule has 0 bridgehead atoms. The van der Waals surface area contributed by atoms with Crippen molar-refractivity contribution in [1.29, 1.82) is 0 Å². The molecule has 0 saturated carbocycles. The molecule has 154 valence electrons. The molecule has 0 heterocycles. The smallest absolute Gasteiger partial charge is 0.435 e. The molecule has 0 aliphatic heterocycles. The number of rotatable bonds is 7. The van der Waals surface area contributed by atoms with Gasteiger partial charge in [0.05, 0.1) is 5.69 Å². The van der Waals surface area contributed by atoms with Gasteiger partial charge in [0, 0.05) is 6.54 Å². The largest absolute Gasteiger partial charge is 0.573 e. The maximum Gasteiger partial charge on any atom is 0.573 e. The van der Waals surface area contributed by atoms with Crippen molar-refractivity contribution in [3.05, 3.63) is 54.1 Å². The van der Waals surface area contributed by atoms with Gasteiger partial charge in [0.25, 0.3) is 0 Å². The lowest BCUT2D eigenvalue weighted by Gasteiger charge is -2.14. The predicted molar refractivity (Wildman–Crippen MR) is 105 cm³/mol. The van der Waals surface area contributed by atoms with E-state index in [1.807, 2.05) is 0 Å². The number of alkyl halides is 5. The molecule has 0 aliphatic rings. The van der Waals surface area contributed by atoms with Gasteiger partial charge in [-0.25, -0.2) is 0 Å². The van der Waals surface area contributed by atoms with E-state index < -0.39 is 18.7 Å². The topological polar surface area (TPSA) is 68.9 Å². The van der Waals surface area contributed by atoms with Gasteiger partial charge >= 0.3 is 13.0 Å². The molecule has 0 fully saturated rings. The second kappa shape index (κ2) is 10.9. The fourth-order valence-corrected chi connectivity index (χ4v) is 2.18. The highest BCUT2D eigenvalue weighted by atomic mass is 127. The van der Waals surface area contributed by atoms with Crippen LogP contribution in [0.2, 0.25) is 0 Å². The summed E-state index contributed by atoms with van der Waals surface area (Å²) in [6, 6.07) is 11.6. The monoisotopic (exact) mass is 517 g/mol. The second-order valence-electron chi connectivity index (χ2n) is 5.17.